The first-order valence-corrected chi connectivity index (χ1v) is 22.3. The van der Waals surface area contributed by atoms with Crippen molar-refractivity contribution in [2.45, 2.75) is 26.2 Å². The van der Waals surface area contributed by atoms with Gasteiger partial charge in [-0.3, -0.25) is 0 Å². The van der Waals surface area contributed by atoms with Crippen LogP contribution in [0.1, 0.15) is 26.3 Å². The van der Waals surface area contributed by atoms with Gasteiger partial charge in [-0.25, -0.2) is 0 Å². The van der Waals surface area contributed by atoms with Gasteiger partial charge < -0.3 is 23.7 Å². The van der Waals surface area contributed by atoms with Crippen molar-refractivity contribution in [2.75, 3.05) is 14.7 Å². The molecule has 0 fully saturated rings. The molecule has 6 heteroatoms. The minimum atomic E-state index is -0.0582. The van der Waals surface area contributed by atoms with Gasteiger partial charge in [-0.15, -0.1) is 0 Å². The van der Waals surface area contributed by atoms with Gasteiger partial charge >= 0.3 is 0 Å². The number of hydrogen-bond acceptors (Lipinski definition) is 4. The number of hydrogen-bond donors (Lipinski definition) is 0. The Kier molecular flexibility index (Phi) is 7.13. The van der Waals surface area contributed by atoms with Crippen molar-refractivity contribution in [3.8, 4) is 5.69 Å². The maximum absolute atomic E-state index is 6.63. The van der Waals surface area contributed by atoms with Gasteiger partial charge in [0.05, 0.1) is 33.8 Å². The van der Waals surface area contributed by atoms with E-state index in [0.717, 1.165) is 50.4 Å². The molecular weight excluding hydrogens is 779 g/mol. The first-order chi connectivity index (χ1) is 31.4. The SMILES string of the molecule is CC(C)(C)c1ccc2c(c1)B1c3cccc4c3N(c3cc(N(c5ccccc5)c5ccccc5)cc(c31)N2c1ccc2c(c1)oc1ccccc12)c1cccc2c3ccccc3n-4c12. The molecule has 3 aliphatic rings. The van der Waals surface area contributed by atoms with E-state index >= 15 is 0 Å². The number of aromatic nitrogens is 1. The summed E-state index contributed by atoms with van der Waals surface area (Å²) < 4.78 is 9.15. The van der Waals surface area contributed by atoms with Crippen molar-refractivity contribution in [1.82, 2.24) is 4.57 Å². The molecule has 0 unspecified atom stereocenters. The molecule has 3 aliphatic heterocycles. The molecule has 0 atom stereocenters. The number of rotatable bonds is 4. The van der Waals surface area contributed by atoms with E-state index in [4.69, 9.17) is 4.42 Å². The van der Waals surface area contributed by atoms with Crippen molar-refractivity contribution < 1.29 is 4.42 Å². The third-order valence-corrected chi connectivity index (χ3v) is 14.0. The van der Waals surface area contributed by atoms with Gasteiger partial charge in [0.25, 0.3) is 6.71 Å². The molecule has 0 radical (unpaired) electrons. The molecule has 0 aliphatic carbocycles. The second-order valence-corrected chi connectivity index (χ2v) is 18.6. The van der Waals surface area contributed by atoms with Crippen LogP contribution in [-0.2, 0) is 5.41 Å². The van der Waals surface area contributed by atoms with Crippen molar-refractivity contribution in [3.63, 3.8) is 0 Å². The minimum Gasteiger partial charge on any atom is -0.456 e. The molecule has 302 valence electrons. The molecule has 0 saturated carbocycles. The van der Waals surface area contributed by atoms with Gasteiger partial charge in [-0.05, 0) is 106 Å². The Bertz CT molecular complexity index is 3710. The molecular formula is C58H41BN4O. The molecule has 64 heavy (non-hydrogen) atoms. The Morgan fingerprint density at radius 2 is 1.11 bits per heavy atom. The summed E-state index contributed by atoms with van der Waals surface area (Å²) in [6.45, 7) is 6.93. The van der Waals surface area contributed by atoms with Crippen LogP contribution in [0.2, 0.25) is 0 Å². The number of para-hydroxylation sites is 6. The number of benzene rings is 9. The van der Waals surface area contributed by atoms with Gasteiger partial charge in [-0.2, -0.15) is 0 Å². The Balaban J connectivity index is 1.14. The first kappa shape index (κ1) is 35.6. The largest absolute Gasteiger partial charge is 0.456 e. The van der Waals surface area contributed by atoms with Crippen molar-refractivity contribution >= 4 is 118 Å². The van der Waals surface area contributed by atoms with Crippen LogP contribution in [0.3, 0.4) is 0 Å². The lowest BCUT2D eigenvalue weighted by atomic mass is 9.33. The molecule has 14 rings (SSSR count). The smallest absolute Gasteiger partial charge is 0.252 e. The summed E-state index contributed by atoms with van der Waals surface area (Å²) in [4.78, 5) is 7.52. The number of anilines is 9. The molecule has 5 heterocycles. The molecule has 0 saturated heterocycles. The first-order valence-electron chi connectivity index (χ1n) is 22.3. The van der Waals surface area contributed by atoms with E-state index in [-0.39, 0.29) is 12.1 Å². The summed E-state index contributed by atoms with van der Waals surface area (Å²) in [7, 11) is 0. The predicted molar refractivity (Wildman–Crippen MR) is 269 cm³/mol. The predicted octanol–water partition coefficient (Wildman–Crippen LogP) is 13.8. The monoisotopic (exact) mass is 820 g/mol. The van der Waals surface area contributed by atoms with Gasteiger partial charge in [0, 0.05) is 61.7 Å². The molecule has 5 nitrogen and oxygen atoms in total. The third-order valence-electron chi connectivity index (χ3n) is 14.0. The molecule has 0 N–H and O–H groups in total. The fraction of sp³-hybridized carbons (Fsp3) is 0.0690. The lowest BCUT2D eigenvalue weighted by molar-refractivity contribution is 0.591. The molecule has 2 aromatic heterocycles. The molecule has 0 bridgehead atoms. The van der Waals surface area contributed by atoms with E-state index in [1.807, 2.05) is 6.07 Å². The fourth-order valence-electron chi connectivity index (χ4n) is 11.2. The number of fused-ring (bicyclic) bond motifs is 12. The normalized spacial score (nSPS) is 13.5. The van der Waals surface area contributed by atoms with E-state index in [9.17, 15) is 0 Å². The van der Waals surface area contributed by atoms with Crippen LogP contribution >= 0.6 is 0 Å². The Labute approximate surface area is 371 Å². The van der Waals surface area contributed by atoms with Crippen molar-refractivity contribution in [2.24, 2.45) is 0 Å². The zero-order chi connectivity index (χ0) is 42.4. The zero-order valence-electron chi connectivity index (χ0n) is 35.7. The van der Waals surface area contributed by atoms with E-state index in [2.05, 4.69) is 228 Å². The second-order valence-electron chi connectivity index (χ2n) is 18.6. The summed E-state index contributed by atoms with van der Waals surface area (Å²) >= 11 is 0. The van der Waals surface area contributed by atoms with Crippen LogP contribution < -0.4 is 31.1 Å². The van der Waals surface area contributed by atoms with Crippen LogP contribution in [0.5, 0.6) is 0 Å². The minimum absolute atomic E-state index is 0.0433. The maximum atomic E-state index is 6.63. The standard InChI is InChI=1S/C58H41BN4O/c1-58(2,3)36-28-31-48-46(32-36)59-45-23-15-26-50-57(45)63(49-25-14-22-44-41-20-10-12-24-47(41)62(50)56(44)49)52-34-40(60(37-16-6-4-7-17-37)38-18-8-5-9-19-38)33-51(55(52)59)61(48)39-29-30-43-42-21-11-13-27-53(42)64-54(43)35-39/h4-35H,1-3H3. The lowest BCUT2D eigenvalue weighted by Crippen LogP contribution is -2.62. The average Bonchev–Trinajstić information content (AvgIpc) is 3.87. The topological polar surface area (TPSA) is 27.8 Å². The molecule has 9 aromatic carbocycles. The van der Waals surface area contributed by atoms with E-state index in [1.54, 1.807) is 0 Å². The third kappa shape index (κ3) is 4.80. The molecule has 11 aromatic rings. The molecule has 0 amide bonds. The second kappa shape index (κ2) is 12.8. The van der Waals surface area contributed by atoms with Gasteiger partial charge in [0.2, 0.25) is 0 Å². The summed E-state index contributed by atoms with van der Waals surface area (Å²) in [5.41, 5.74) is 20.8. The highest BCUT2D eigenvalue weighted by molar-refractivity contribution is 7.00. The van der Waals surface area contributed by atoms with Crippen molar-refractivity contribution in [3.05, 3.63) is 200 Å². The van der Waals surface area contributed by atoms with Crippen LogP contribution in [0.4, 0.5) is 51.2 Å². The van der Waals surface area contributed by atoms with Crippen molar-refractivity contribution in [1.29, 1.82) is 0 Å². The van der Waals surface area contributed by atoms with Gasteiger partial charge in [-0.1, -0.05) is 130 Å². The van der Waals surface area contributed by atoms with E-state index in [1.165, 1.54) is 72.2 Å². The summed E-state index contributed by atoms with van der Waals surface area (Å²) in [5, 5.41) is 4.76. The highest BCUT2D eigenvalue weighted by Gasteiger charge is 2.47. The fourth-order valence-corrected chi connectivity index (χ4v) is 11.2. The van der Waals surface area contributed by atoms with E-state index in [0.29, 0.717) is 0 Å². The summed E-state index contributed by atoms with van der Waals surface area (Å²) in [6, 6.07) is 71.6. The van der Waals surface area contributed by atoms with Gasteiger partial charge in [0.1, 0.15) is 11.2 Å². The number of nitrogens with zero attached hydrogens (tertiary/aromatic N) is 4. The van der Waals surface area contributed by atoms with Crippen LogP contribution in [-0.4, -0.2) is 11.3 Å². The highest BCUT2D eigenvalue weighted by Crippen LogP contribution is 2.54. The van der Waals surface area contributed by atoms with Gasteiger partial charge in [0.15, 0.2) is 0 Å². The highest BCUT2D eigenvalue weighted by atomic mass is 16.3. The zero-order valence-corrected chi connectivity index (χ0v) is 35.7. The van der Waals surface area contributed by atoms with E-state index < -0.39 is 0 Å². The van der Waals surface area contributed by atoms with Crippen LogP contribution in [0, 0.1) is 0 Å². The quantitative estimate of drug-likeness (QED) is 0.165. The Morgan fingerprint density at radius 3 is 1.89 bits per heavy atom. The van der Waals surface area contributed by atoms with Crippen LogP contribution in [0.15, 0.2) is 199 Å². The average molecular weight is 821 g/mol. The number of furan rings is 1. The molecule has 0 spiro atoms. The lowest BCUT2D eigenvalue weighted by Gasteiger charge is -2.47. The van der Waals surface area contributed by atoms with Crippen LogP contribution in [0.25, 0.3) is 49.4 Å². The summed E-state index contributed by atoms with van der Waals surface area (Å²) in [5.74, 6) is 0. The Morgan fingerprint density at radius 1 is 0.453 bits per heavy atom. The Hall–Kier alpha value is -7.96. The summed E-state index contributed by atoms with van der Waals surface area (Å²) in [6.07, 6.45) is 0. The maximum Gasteiger partial charge on any atom is 0.252 e.